The van der Waals surface area contributed by atoms with Gasteiger partial charge in [0, 0.05) is 11.8 Å². The summed E-state index contributed by atoms with van der Waals surface area (Å²) < 4.78 is 0. The molecule has 0 bridgehead atoms. The van der Waals surface area contributed by atoms with Crippen molar-refractivity contribution in [2.45, 2.75) is 123 Å². The molecule has 0 aromatic carbocycles. The summed E-state index contributed by atoms with van der Waals surface area (Å²) in [5.74, 6) is 4.10. The van der Waals surface area contributed by atoms with Crippen molar-refractivity contribution < 1.29 is 20.4 Å². The second-order valence-electron chi connectivity index (χ2n) is 13.4. The van der Waals surface area contributed by atoms with E-state index in [0.717, 1.165) is 36.5 Å². The zero-order chi connectivity index (χ0) is 23.6. The molecule has 4 N–H and O–H groups in total. The summed E-state index contributed by atoms with van der Waals surface area (Å²) >= 11 is 0. The molecule has 0 aromatic rings. The van der Waals surface area contributed by atoms with Crippen LogP contribution in [0, 0.1) is 52.3 Å². The normalized spacial score (nSPS) is 52.8. The van der Waals surface area contributed by atoms with Gasteiger partial charge in [0.25, 0.3) is 0 Å². The molecule has 0 spiro atoms. The zero-order valence-corrected chi connectivity index (χ0v) is 21.4. The van der Waals surface area contributed by atoms with Crippen LogP contribution in [0.15, 0.2) is 0 Å². The van der Waals surface area contributed by atoms with Gasteiger partial charge in [-0.15, -0.1) is 0 Å². The Hall–Kier alpha value is -0.160. The highest BCUT2D eigenvalue weighted by Crippen LogP contribution is 2.69. The SMILES string of the molecule is CC(C)[C@@H](C)CC[C@@H](C)[C@H]1CCC2C3C[C@@H](O)[C@@]4(O)C[C@@H](O)C[C@@H](O)[C@]4(C)C3CC[C@@]21C. The molecule has 4 heteroatoms. The van der Waals surface area contributed by atoms with Crippen molar-refractivity contribution in [2.24, 2.45) is 52.3 Å². The quantitative estimate of drug-likeness (QED) is 0.486. The number of fused-ring (bicyclic) bond motifs is 5. The zero-order valence-electron chi connectivity index (χ0n) is 21.4. The molecule has 0 amide bonds. The van der Waals surface area contributed by atoms with E-state index in [1.54, 1.807) is 0 Å². The Morgan fingerprint density at radius 2 is 1.53 bits per heavy atom. The second-order valence-corrected chi connectivity index (χ2v) is 13.4. The highest BCUT2D eigenvalue weighted by Gasteiger charge is 2.70. The fourth-order valence-corrected chi connectivity index (χ4v) is 9.37. The minimum atomic E-state index is -1.39. The van der Waals surface area contributed by atoms with Gasteiger partial charge in [-0.25, -0.2) is 0 Å². The third kappa shape index (κ3) is 3.53. The maximum absolute atomic E-state index is 11.6. The Kier molecular flexibility index (Phi) is 6.63. The fraction of sp³-hybridized carbons (Fsp3) is 1.00. The van der Waals surface area contributed by atoms with Crippen LogP contribution < -0.4 is 0 Å². The smallest absolute Gasteiger partial charge is 0.101 e. The Bertz CT molecular complexity index is 680. The minimum absolute atomic E-state index is 0.181. The van der Waals surface area contributed by atoms with E-state index >= 15 is 0 Å². The Balaban J connectivity index is 1.55. The van der Waals surface area contributed by atoms with Gasteiger partial charge in [-0.3, -0.25) is 0 Å². The lowest BCUT2D eigenvalue weighted by Crippen LogP contribution is -2.72. The molecule has 0 saturated heterocycles. The molecule has 32 heavy (non-hydrogen) atoms. The number of aliphatic hydroxyl groups excluding tert-OH is 3. The van der Waals surface area contributed by atoms with Gasteiger partial charge in [-0.05, 0) is 85.4 Å². The molecule has 0 aliphatic heterocycles. The highest BCUT2D eigenvalue weighted by molar-refractivity contribution is 5.19. The highest BCUT2D eigenvalue weighted by atomic mass is 16.4. The van der Waals surface area contributed by atoms with Crippen LogP contribution >= 0.6 is 0 Å². The molecule has 4 nitrogen and oxygen atoms in total. The van der Waals surface area contributed by atoms with E-state index in [9.17, 15) is 20.4 Å². The van der Waals surface area contributed by atoms with Crippen LogP contribution in [0.3, 0.4) is 0 Å². The van der Waals surface area contributed by atoms with E-state index in [0.29, 0.717) is 30.1 Å². The van der Waals surface area contributed by atoms with Crippen LogP contribution in [-0.4, -0.2) is 44.3 Å². The van der Waals surface area contributed by atoms with Crippen molar-refractivity contribution in [1.29, 1.82) is 0 Å². The number of hydrogen-bond acceptors (Lipinski definition) is 4. The first-order valence-electron chi connectivity index (χ1n) is 13.6. The lowest BCUT2D eigenvalue weighted by molar-refractivity contribution is -0.294. The lowest BCUT2D eigenvalue weighted by atomic mass is 9.41. The largest absolute Gasteiger partial charge is 0.393 e. The van der Waals surface area contributed by atoms with Gasteiger partial charge in [0.2, 0.25) is 0 Å². The summed E-state index contributed by atoms with van der Waals surface area (Å²) in [6.07, 6.45) is 6.00. The average molecular weight is 451 g/mol. The molecule has 4 saturated carbocycles. The van der Waals surface area contributed by atoms with Crippen molar-refractivity contribution in [1.82, 2.24) is 0 Å². The maximum atomic E-state index is 11.6. The topological polar surface area (TPSA) is 80.9 Å². The first-order chi connectivity index (χ1) is 14.9. The Morgan fingerprint density at radius 1 is 0.844 bits per heavy atom. The third-order valence-electron chi connectivity index (χ3n) is 11.9. The van der Waals surface area contributed by atoms with E-state index in [1.165, 1.54) is 25.7 Å². The molecular formula is C28H50O4. The van der Waals surface area contributed by atoms with Gasteiger partial charge in [-0.2, -0.15) is 0 Å². The molecule has 186 valence electrons. The van der Waals surface area contributed by atoms with E-state index in [1.807, 2.05) is 6.92 Å². The number of rotatable bonds is 5. The van der Waals surface area contributed by atoms with Crippen LogP contribution in [0.1, 0.15) is 99.3 Å². The van der Waals surface area contributed by atoms with Gasteiger partial charge in [0.1, 0.15) is 5.60 Å². The van der Waals surface area contributed by atoms with Gasteiger partial charge in [-0.1, -0.05) is 54.4 Å². The molecule has 0 aromatic heterocycles. The summed E-state index contributed by atoms with van der Waals surface area (Å²) in [5.41, 5.74) is -1.84. The Morgan fingerprint density at radius 3 is 2.19 bits per heavy atom. The molecule has 3 unspecified atom stereocenters. The first-order valence-corrected chi connectivity index (χ1v) is 13.6. The molecule has 4 fully saturated rings. The van der Waals surface area contributed by atoms with Crippen LogP contribution in [0.25, 0.3) is 0 Å². The van der Waals surface area contributed by atoms with Crippen molar-refractivity contribution in [3.63, 3.8) is 0 Å². The molecule has 0 radical (unpaired) electrons. The van der Waals surface area contributed by atoms with E-state index in [4.69, 9.17) is 0 Å². The summed E-state index contributed by atoms with van der Waals surface area (Å²) in [5, 5.41) is 44.3. The fourth-order valence-electron chi connectivity index (χ4n) is 9.37. The summed E-state index contributed by atoms with van der Waals surface area (Å²) in [6.45, 7) is 14.1. The van der Waals surface area contributed by atoms with Crippen molar-refractivity contribution >= 4 is 0 Å². The van der Waals surface area contributed by atoms with Crippen LogP contribution in [0.5, 0.6) is 0 Å². The lowest BCUT2D eigenvalue weighted by Gasteiger charge is -2.66. The summed E-state index contributed by atoms with van der Waals surface area (Å²) in [7, 11) is 0. The molecule has 12 atom stereocenters. The van der Waals surface area contributed by atoms with Crippen molar-refractivity contribution in [2.75, 3.05) is 0 Å². The van der Waals surface area contributed by atoms with Gasteiger partial charge < -0.3 is 20.4 Å². The van der Waals surface area contributed by atoms with Gasteiger partial charge in [0.15, 0.2) is 0 Å². The standard InChI is InChI=1S/C28H50O4/c1-16(2)17(3)7-8-18(4)21-9-10-22-20-14-25(31)28(32)15-19(29)13-24(30)27(28,6)23(20)11-12-26(21,22)5/h16-25,29-32H,7-15H2,1-6H3/t17-,18+,19-,20?,21+,22?,23?,24+,25+,26+,27-,28-/m0/s1. The molecular weight excluding hydrogens is 400 g/mol. The van der Waals surface area contributed by atoms with Crippen LogP contribution in [0.2, 0.25) is 0 Å². The van der Waals surface area contributed by atoms with Gasteiger partial charge >= 0.3 is 0 Å². The predicted molar refractivity (Wildman–Crippen MR) is 128 cm³/mol. The second kappa shape index (κ2) is 8.50. The molecule has 0 heterocycles. The first kappa shape index (κ1) is 24.9. The number of aliphatic hydroxyl groups is 4. The van der Waals surface area contributed by atoms with Crippen molar-refractivity contribution in [3.05, 3.63) is 0 Å². The van der Waals surface area contributed by atoms with E-state index < -0.39 is 29.3 Å². The molecule has 4 rings (SSSR count). The Labute approximate surface area is 196 Å². The minimum Gasteiger partial charge on any atom is -0.393 e. The monoisotopic (exact) mass is 450 g/mol. The molecule has 4 aliphatic carbocycles. The average Bonchev–Trinajstić information content (AvgIpc) is 3.06. The van der Waals surface area contributed by atoms with Crippen LogP contribution in [0.4, 0.5) is 0 Å². The summed E-state index contributed by atoms with van der Waals surface area (Å²) in [4.78, 5) is 0. The summed E-state index contributed by atoms with van der Waals surface area (Å²) in [6, 6.07) is 0. The molecule has 4 aliphatic rings. The van der Waals surface area contributed by atoms with Crippen LogP contribution in [-0.2, 0) is 0 Å². The van der Waals surface area contributed by atoms with Crippen molar-refractivity contribution in [3.8, 4) is 0 Å². The van der Waals surface area contributed by atoms with E-state index in [-0.39, 0.29) is 12.3 Å². The maximum Gasteiger partial charge on any atom is 0.101 e. The predicted octanol–water partition coefficient (Wildman–Crippen LogP) is 4.77. The third-order valence-corrected chi connectivity index (χ3v) is 11.9. The number of hydrogen-bond donors (Lipinski definition) is 4. The van der Waals surface area contributed by atoms with E-state index in [2.05, 4.69) is 34.6 Å². The van der Waals surface area contributed by atoms with Gasteiger partial charge in [0.05, 0.1) is 18.3 Å².